The zero-order valence-electron chi connectivity index (χ0n) is 11.5. The highest BCUT2D eigenvalue weighted by molar-refractivity contribution is 5.29. The van der Waals surface area contributed by atoms with Crippen LogP contribution in [-0.4, -0.2) is 21.4 Å². The highest BCUT2D eigenvalue weighted by Crippen LogP contribution is 2.29. The third-order valence-electron chi connectivity index (χ3n) is 4.06. The molecule has 19 heavy (non-hydrogen) atoms. The summed E-state index contributed by atoms with van der Waals surface area (Å²) in [4.78, 5) is 0. The lowest BCUT2D eigenvalue weighted by Gasteiger charge is -2.13. The van der Waals surface area contributed by atoms with Crippen molar-refractivity contribution in [3.8, 4) is 0 Å². The molecule has 2 aromatic heterocycles. The molecule has 0 amide bonds. The molecule has 1 N–H and O–H groups in total. The molecule has 1 aliphatic carbocycles. The van der Waals surface area contributed by atoms with Gasteiger partial charge in [-0.1, -0.05) is 6.42 Å². The average Bonchev–Trinajstić information content (AvgIpc) is 3.03. The van der Waals surface area contributed by atoms with E-state index in [-0.39, 0.29) is 0 Å². The molecule has 1 atom stereocenters. The number of rotatable bonds is 4. The largest absolute Gasteiger partial charge is 0.352 e. The van der Waals surface area contributed by atoms with Crippen LogP contribution >= 0.6 is 0 Å². The number of nitrogens with one attached hydrogen (secondary N) is 1. The Morgan fingerprint density at radius 3 is 3.05 bits per heavy atom. The van der Waals surface area contributed by atoms with Crippen LogP contribution in [0.3, 0.4) is 0 Å². The van der Waals surface area contributed by atoms with Crippen molar-refractivity contribution in [2.45, 2.75) is 44.8 Å². The van der Waals surface area contributed by atoms with Gasteiger partial charge in [0.25, 0.3) is 0 Å². The number of hydrogen-bond donors (Lipinski definition) is 1. The van der Waals surface area contributed by atoms with Crippen LogP contribution < -0.4 is 5.32 Å². The Morgan fingerprint density at radius 1 is 1.32 bits per heavy atom. The summed E-state index contributed by atoms with van der Waals surface area (Å²) in [6.45, 7) is 1.93. The predicted molar refractivity (Wildman–Crippen MR) is 76.0 cm³/mol. The molecule has 3 rings (SSSR count). The lowest BCUT2D eigenvalue weighted by molar-refractivity contribution is 0.517. The van der Waals surface area contributed by atoms with Crippen LogP contribution in [0.1, 0.15) is 36.4 Å². The van der Waals surface area contributed by atoms with Gasteiger partial charge < -0.3 is 9.88 Å². The van der Waals surface area contributed by atoms with E-state index in [9.17, 15) is 0 Å². The van der Waals surface area contributed by atoms with E-state index in [2.05, 4.69) is 34.4 Å². The van der Waals surface area contributed by atoms with Gasteiger partial charge in [0.2, 0.25) is 0 Å². The Labute approximate surface area is 114 Å². The quantitative estimate of drug-likeness (QED) is 0.854. The fourth-order valence-corrected chi connectivity index (χ4v) is 3.00. The van der Waals surface area contributed by atoms with Crippen LogP contribution in [0, 0.1) is 0 Å². The fraction of sp³-hybridized carbons (Fsp3) is 0.533. The Morgan fingerprint density at radius 2 is 2.26 bits per heavy atom. The lowest BCUT2D eigenvalue weighted by atomic mass is 10.1. The summed E-state index contributed by atoms with van der Waals surface area (Å²) in [6.07, 6.45) is 13.6. The number of hydrogen-bond acceptors (Lipinski definition) is 2. The molecule has 0 saturated heterocycles. The van der Waals surface area contributed by atoms with Gasteiger partial charge in [-0.3, -0.25) is 4.68 Å². The van der Waals surface area contributed by atoms with Gasteiger partial charge in [0.15, 0.2) is 0 Å². The normalized spacial score (nSPS) is 19.1. The smallest absolute Gasteiger partial charge is 0.0588 e. The molecule has 1 aliphatic rings. The van der Waals surface area contributed by atoms with Crippen LogP contribution in [0.25, 0.3) is 0 Å². The van der Waals surface area contributed by atoms with Crippen molar-refractivity contribution in [2.24, 2.45) is 0 Å². The fourth-order valence-electron chi connectivity index (χ4n) is 3.00. The number of fused-ring (bicyclic) bond motifs is 1. The van der Waals surface area contributed by atoms with Gasteiger partial charge in [0.1, 0.15) is 0 Å². The summed E-state index contributed by atoms with van der Waals surface area (Å²) in [5.74, 6) is 0. The van der Waals surface area contributed by atoms with E-state index in [1.165, 1.54) is 36.8 Å². The van der Waals surface area contributed by atoms with Crippen molar-refractivity contribution < 1.29 is 0 Å². The Bertz CT molecular complexity index is 512. The summed E-state index contributed by atoms with van der Waals surface area (Å²) in [5.41, 5.74) is 3.03. The molecule has 4 heteroatoms. The summed E-state index contributed by atoms with van der Waals surface area (Å²) in [6, 6.07) is 2.51. The second kappa shape index (κ2) is 5.61. The lowest BCUT2D eigenvalue weighted by Crippen LogP contribution is -2.15. The third kappa shape index (κ3) is 2.73. The van der Waals surface area contributed by atoms with E-state index in [0.29, 0.717) is 6.04 Å². The second-order valence-electron chi connectivity index (χ2n) is 5.33. The summed E-state index contributed by atoms with van der Waals surface area (Å²) in [5, 5.41) is 7.70. The minimum absolute atomic E-state index is 0.531. The molecule has 0 spiro atoms. The van der Waals surface area contributed by atoms with E-state index < -0.39 is 0 Å². The van der Waals surface area contributed by atoms with E-state index in [0.717, 1.165) is 13.1 Å². The van der Waals surface area contributed by atoms with Crippen molar-refractivity contribution in [3.05, 3.63) is 42.0 Å². The van der Waals surface area contributed by atoms with Crippen molar-refractivity contribution >= 4 is 0 Å². The number of aryl methyl sites for hydroxylation is 3. The minimum Gasteiger partial charge on any atom is -0.352 e. The summed E-state index contributed by atoms with van der Waals surface area (Å²) >= 11 is 0. The van der Waals surface area contributed by atoms with E-state index in [4.69, 9.17) is 0 Å². The van der Waals surface area contributed by atoms with Crippen molar-refractivity contribution in [1.29, 1.82) is 0 Å². The highest BCUT2D eigenvalue weighted by Gasteiger charge is 2.18. The molecular formula is C15H22N4. The van der Waals surface area contributed by atoms with Crippen LogP contribution in [0.5, 0.6) is 0 Å². The SMILES string of the molecule is CNC1CCCCc2cn(CCn3cccn3)cc21. The maximum Gasteiger partial charge on any atom is 0.0588 e. The first-order valence-corrected chi connectivity index (χ1v) is 7.20. The Balaban J connectivity index is 1.73. The molecule has 0 aromatic carbocycles. The molecule has 2 heterocycles. The van der Waals surface area contributed by atoms with Gasteiger partial charge in [-0.25, -0.2) is 0 Å². The molecule has 0 fully saturated rings. The molecule has 102 valence electrons. The van der Waals surface area contributed by atoms with Gasteiger partial charge in [0, 0.05) is 37.4 Å². The zero-order valence-corrected chi connectivity index (χ0v) is 11.5. The maximum atomic E-state index is 4.25. The monoisotopic (exact) mass is 258 g/mol. The first-order chi connectivity index (χ1) is 9.36. The van der Waals surface area contributed by atoms with Gasteiger partial charge in [-0.2, -0.15) is 5.10 Å². The summed E-state index contributed by atoms with van der Waals surface area (Å²) in [7, 11) is 2.07. The molecule has 1 unspecified atom stereocenters. The van der Waals surface area contributed by atoms with Gasteiger partial charge in [-0.05, 0) is 43.5 Å². The second-order valence-corrected chi connectivity index (χ2v) is 5.33. The standard InChI is InChI=1S/C15H22N4/c1-16-15-6-3-2-5-13-11-18(12-14(13)15)9-10-19-8-4-7-17-19/h4,7-8,11-12,15-16H,2-3,5-6,9-10H2,1H3. The number of aromatic nitrogens is 3. The third-order valence-corrected chi connectivity index (χ3v) is 4.06. The number of nitrogens with zero attached hydrogens (tertiary/aromatic N) is 3. The van der Waals surface area contributed by atoms with Crippen LogP contribution in [0.15, 0.2) is 30.9 Å². The molecule has 0 bridgehead atoms. The Kier molecular flexibility index (Phi) is 3.69. The molecular weight excluding hydrogens is 236 g/mol. The summed E-state index contributed by atoms with van der Waals surface area (Å²) < 4.78 is 4.31. The van der Waals surface area contributed by atoms with Crippen LogP contribution in [0.2, 0.25) is 0 Å². The average molecular weight is 258 g/mol. The first-order valence-electron chi connectivity index (χ1n) is 7.20. The predicted octanol–water partition coefficient (Wildman–Crippen LogP) is 2.37. The van der Waals surface area contributed by atoms with Gasteiger partial charge >= 0.3 is 0 Å². The zero-order chi connectivity index (χ0) is 13.1. The van der Waals surface area contributed by atoms with Gasteiger partial charge in [0.05, 0.1) is 6.54 Å². The molecule has 4 nitrogen and oxygen atoms in total. The topological polar surface area (TPSA) is 34.8 Å². The minimum atomic E-state index is 0.531. The molecule has 0 saturated carbocycles. The van der Waals surface area contributed by atoms with E-state index in [1.54, 1.807) is 0 Å². The molecule has 0 radical (unpaired) electrons. The van der Waals surface area contributed by atoms with Crippen molar-refractivity contribution in [3.63, 3.8) is 0 Å². The van der Waals surface area contributed by atoms with E-state index in [1.807, 2.05) is 23.1 Å². The highest BCUT2D eigenvalue weighted by atomic mass is 15.3. The maximum absolute atomic E-state index is 4.25. The molecule has 2 aromatic rings. The van der Waals surface area contributed by atoms with Crippen LogP contribution in [-0.2, 0) is 19.5 Å². The van der Waals surface area contributed by atoms with Gasteiger partial charge in [-0.15, -0.1) is 0 Å². The Hall–Kier alpha value is -1.55. The van der Waals surface area contributed by atoms with Crippen LogP contribution in [0.4, 0.5) is 0 Å². The van der Waals surface area contributed by atoms with Crippen molar-refractivity contribution in [1.82, 2.24) is 19.7 Å². The van der Waals surface area contributed by atoms with E-state index >= 15 is 0 Å². The first kappa shape index (κ1) is 12.5. The van der Waals surface area contributed by atoms with Crippen molar-refractivity contribution in [2.75, 3.05) is 7.05 Å². The molecule has 0 aliphatic heterocycles.